The number of anilines is 1. The molecule has 0 radical (unpaired) electrons. The fraction of sp³-hybridized carbons (Fsp3) is 0.467. The number of esters is 1. The van der Waals surface area contributed by atoms with E-state index in [1.807, 2.05) is 18.2 Å². The number of amides is 1. The van der Waals surface area contributed by atoms with Gasteiger partial charge in [-0.1, -0.05) is 12.1 Å². The van der Waals surface area contributed by atoms with E-state index in [0.717, 1.165) is 29.7 Å². The van der Waals surface area contributed by atoms with E-state index in [1.165, 1.54) is 7.11 Å². The van der Waals surface area contributed by atoms with Crippen LogP contribution in [0.2, 0.25) is 0 Å². The lowest BCUT2D eigenvalue weighted by molar-refractivity contribution is -0.140. The summed E-state index contributed by atoms with van der Waals surface area (Å²) in [4.78, 5) is 22.6. The van der Waals surface area contributed by atoms with E-state index in [9.17, 15) is 9.59 Å². The molecular formula is C15H20N2O3. The van der Waals surface area contributed by atoms with Crippen molar-refractivity contribution >= 4 is 17.6 Å². The molecule has 1 heterocycles. The summed E-state index contributed by atoms with van der Waals surface area (Å²) in [7, 11) is 1.37. The molecule has 1 aliphatic rings. The van der Waals surface area contributed by atoms with Crippen molar-refractivity contribution in [3.63, 3.8) is 0 Å². The second kappa shape index (κ2) is 6.52. The Balaban J connectivity index is 2.08. The summed E-state index contributed by atoms with van der Waals surface area (Å²) in [6.45, 7) is 0. The Morgan fingerprint density at radius 2 is 2.25 bits per heavy atom. The number of carbonyl (C=O) groups is 2. The highest BCUT2D eigenvalue weighted by Gasteiger charge is 2.15. The Morgan fingerprint density at radius 3 is 3.00 bits per heavy atom. The van der Waals surface area contributed by atoms with Gasteiger partial charge in [0.1, 0.15) is 0 Å². The zero-order valence-corrected chi connectivity index (χ0v) is 11.6. The first-order valence-corrected chi connectivity index (χ1v) is 6.85. The lowest BCUT2D eigenvalue weighted by Gasteiger charge is -2.14. The first kappa shape index (κ1) is 14.5. The number of methoxy groups -OCH3 is 1. The quantitative estimate of drug-likeness (QED) is 0.823. The molecule has 0 aromatic heterocycles. The SMILES string of the molecule is COC(=O)CCC(N)c1ccc2c(c1)CCCC(=O)N2. The summed E-state index contributed by atoms with van der Waals surface area (Å²) in [6.07, 6.45) is 3.13. The molecule has 5 heteroatoms. The van der Waals surface area contributed by atoms with Gasteiger partial charge in [-0.3, -0.25) is 9.59 Å². The number of hydrogen-bond acceptors (Lipinski definition) is 4. The van der Waals surface area contributed by atoms with Crippen LogP contribution in [0.4, 0.5) is 5.69 Å². The standard InChI is InChI=1S/C15H20N2O3/c1-20-15(19)8-6-12(16)10-5-7-13-11(9-10)3-2-4-14(18)17-13/h5,7,9,12H,2-4,6,8,16H2,1H3,(H,17,18). The normalized spacial score (nSPS) is 15.8. The summed E-state index contributed by atoms with van der Waals surface area (Å²) < 4.78 is 4.61. The zero-order chi connectivity index (χ0) is 14.5. The molecule has 0 bridgehead atoms. The van der Waals surface area contributed by atoms with Gasteiger partial charge in [-0.15, -0.1) is 0 Å². The van der Waals surface area contributed by atoms with Gasteiger partial charge in [-0.2, -0.15) is 0 Å². The topological polar surface area (TPSA) is 81.4 Å². The van der Waals surface area contributed by atoms with Crippen LogP contribution in [0.5, 0.6) is 0 Å². The van der Waals surface area contributed by atoms with Crippen molar-refractivity contribution in [1.29, 1.82) is 0 Å². The highest BCUT2D eigenvalue weighted by molar-refractivity contribution is 5.92. The van der Waals surface area contributed by atoms with Crippen LogP contribution < -0.4 is 11.1 Å². The number of fused-ring (bicyclic) bond motifs is 1. The lowest BCUT2D eigenvalue weighted by atomic mass is 9.98. The van der Waals surface area contributed by atoms with Crippen LogP contribution in [0.15, 0.2) is 18.2 Å². The van der Waals surface area contributed by atoms with Crippen LogP contribution >= 0.6 is 0 Å². The van der Waals surface area contributed by atoms with Crippen molar-refractivity contribution in [3.8, 4) is 0 Å². The molecule has 2 rings (SSSR count). The molecule has 1 unspecified atom stereocenters. The molecule has 0 fully saturated rings. The average Bonchev–Trinajstić information content (AvgIpc) is 2.64. The van der Waals surface area contributed by atoms with Crippen molar-refractivity contribution in [2.24, 2.45) is 5.73 Å². The van der Waals surface area contributed by atoms with Crippen LogP contribution in [-0.2, 0) is 20.7 Å². The number of nitrogens with two attached hydrogens (primary N) is 1. The van der Waals surface area contributed by atoms with Gasteiger partial charge in [-0.25, -0.2) is 0 Å². The van der Waals surface area contributed by atoms with E-state index in [1.54, 1.807) is 0 Å². The Labute approximate surface area is 118 Å². The minimum atomic E-state index is -0.248. The van der Waals surface area contributed by atoms with Crippen LogP contribution in [0.3, 0.4) is 0 Å². The minimum absolute atomic E-state index is 0.0616. The molecule has 1 aromatic rings. The number of rotatable bonds is 4. The first-order valence-electron chi connectivity index (χ1n) is 6.85. The lowest BCUT2D eigenvalue weighted by Crippen LogP contribution is -2.14. The van der Waals surface area contributed by atoms with Gasteiger partial charge in [0, 0.05) is 24.6 Å². The van der Waals surface area contributed by atoms with Gasteiger partial charge in [0.25, 0.3) is 0 Å². The number of benzene rings is 1. The van der Waals surface area contributed by atoms with E-state index in [2.05, 4.69) is 10.1 Å². The van der Waals surface area contributed by atoms with Gasteiger partial charge in [-0.05, 0) is 36.5 Å². The largest absolute Gasteiger partial charge is 0.469 e. The van der Waals surface area contributed by atoms with Gasteiger partial charge < -0.3 is 15.8 Å². The smallest absolute Gasteiger partial charge is 0.305 e. The average molecular weight is 276 g/mol. The molecule has 0 aliphatic carbocycles. The second-order valence-electron chi connectivity index (χ2n) is 5.04. The fourth-order valence-corrected chi connectivity index (χ4v) is 2.37. The van der Waals surface area contributed by atoms with E-state index in [4.69, 9.17) is 5.73 Å². The van der Waals surface area contributed by atoms with E-state index < -0.39 is 0 Å². The van der Waals surface area contributed by atoms with Gasteiger partial charge in [0.05, 0.1) is 7.11 Å². The number of carbonyl (C=O) groups excluding carboxylic acids is 2. The summed E-state index contributed by atoms with van der Waals surface area (Å²) in [6, 6.07) is 5.64. The summed E-state index contributed by atoms with van der Waals surface area (Å²) in [5, 5.41) is 2.89. The molecule has 108 valence electrons. The molecule has 0 spiro atoms. The fourth-order valence-electron chi connectivity index (χ4n) is 2.37. The molecule has 1 aromatic carbocycles. The van der Waals surface area contributed by atoms with Crippen molar-refractivity contribution in [2.75, 3.05) is 12.4 Å². The first-order chi connectivity index (χ1) is 9.60. The van der Waals surface area contributed by atoms with E-state index >= 15 is 0 Å². The van der Waals surface area contributed by atoms with Crippen molar-refractivity contribution in [3.05, 3.63) is 29.3 Å². The summed E-state index contributed by atoms with van der Waals surface area (Å²) >= 11 is 0. The Kier molecular flexibility index (Phi) is 4.74. The molecule has 20 heavy (non-hydrogen) atoms. The van der Waals surface area contributed by atoms with Crippen molar-refractivity contribution in [1.82, 2.24) is 0 Å². The predicted octanol–water partition coefficient (Wildman–Crippen LogP) is 1.91. The number of hydrogen-bond donors (Lipinski definition) is 2. The van der Waals surface area contributed by atoms with Crippen LogP contribution in [0, 0.1) is 0 Å². The maximum atomic E-state index is 11.5. The third-order valence-electron chi connectivity index (χ3n) is 3.57. The number of nitrogens with one attached hydrogen (secondary N) is 1. The maximum absolute atomic E-state index is 11.5. The number of ether oxygens (including phenoxy) is 1. The Bertz CT molecular complexity index is 514. The molecule has 1 atom stereocenters. The van der Waals surface area contributed by atoms with Crippen LogP contribution in [-0.4, -0.2) is 19.0 Å². The molecule has 0 saturated heterocycles. The molecule has 1 amide bonds. The van der Waals surface area contributed by atoms with Crippen LogP contribution in [0.25, 0.3) is 0 Å². The third-order valence-corrected chi connectivity index (χ3v) is 3.57. The van der Waals surface area contributed by atoms with Gasteiger partial charge in [0.2, 0.25) is 5.91 Å². The predicted molar refractivity (Wildman–Crippen MR) is 76.2 cm³/mol. The third kappa shape index (κ3) is 3.57. The highest BCUT2D eigenvalue weighted by Crippen LogP contribution is 2.26. The molecular weight excluding hydrogens is 256 g/mol. The molecule has 3 N–H and O–H groups in total. The van der Waals surface area contributed by atoms with E-state index in [0.29, 0.717) is 19.3 Å². The maximum Gasteiger partial charge on any atom is 0.305 e. The Hall–Kier alpha value is -1.88. The zero-order valence-electron chi connectivity index (χ0n) is 11.6. The minimum Gasteiger partial charge on any atom is -0.469 e. The molecule has 1 aliphatic heterocycles. The Morgan fingerprint density at radius 1 is 1.45 bits per heavy atom. The number of aryl methyl sites for hydroxylation is 1. The second-order valence-corrected chi connectivity index (χ2v) is 5.04. The van der Waals surface area contributed by atoms with Gasteiger partial charge in [0.15, 0.2) is 0 Å². The van der Waals surface area contributed by atoms with Crippen LogP contribution in [0.1, 0.15) is 42.9 Å². The van der Waals surface area contributed by atoms with Crippen molar-refractivity contribution in [2.45, 2.75) is 38.1 Å². The van der Waals surface area contributed by atoms with E-state index in [-0.39, 0.29) is 17.9 Å². The molecule has 5 nitrogen and oxygen atoms in total. The highest BCUT2D eigenvalue weighted by atomic mass is 16.5. The molecule has 0 saturated carbocycles. The monoisotopic (exact) mass is 276 g/mol. The summed E-state index contributed by atoms with van der Waals surface area (Å²) in [5.74, 6) is -0.186. The van der Waals surface area contributed by atoms with Gasteiger partial charge >= 0.3 is 5.97 Å². The summed E-state index contributed by atoms with van der Waals surface area (Å²) in [5.41, 5.74) is 9.08. The van der Waals surface area contributed by atoms with Crippen molar-refractivity contribution < 1.29 is 14.3 Å².